The summed E-state index contributed by atoms with van der Waals surface area (Å²) in [4.78, 5) is 4.41. The number of benzene rings is 1. The summed E-state index contributed by atoms with van der Waals surface area (Å²) < 4.78 is 5.15. The molecule has 18 heavy (non-hydrogen) atoms. The normalized spacial score (nSPS) is 15.4. The van der Waals surface area contributed by atoms with E-state index in [9.17, 15) is 0 Å². The van der Waals surface area contributed by atoms with Gasteiger partial charge in [0.15, 0.2) is 5.11 Å². The topological polar surface area (TPSA) is 53.8 Å². The van der Waals surface area contributed by atoms with Gasteiger partial charge in [-0.1, -0.05) is 0 Å². The zero-order valence-corrected chi connectivity index (χ0v) is 11.2. The lowest BCUT2D eigenvalue weighted by Crippen LogP contribution is -2.53. The van der Waals surface area contributed by atoms with E-state index in [1.165, 1.54) is 5.69 Å². The molecule has 0 radical (unpaired) electrons. The van der Waals surface area contributed by atoms with Gasteiger partial charge in [-0.2, -0.15) is 0 Å². The van der Waals surface area contributed by atoms with Crippen LogP contribution in [0.2, 0.25) is 0 Å². The molecule has 0 bridgehead atoms. The van der Waals surface area contributed by atoms with Crippen LogP contribution in [-0.2, 0) is 0 Å². The second-order valence-electron chi connectivity index (χ2n) is 4.12. The highest BCUT2D eigenvalue weighted by Gasteiger charge is 2.18. The first-order valence-electron chi connectivity index (χ1n) is 5.89. The summed E-state index contributed by atoms with van der Waals surface area (Å²) in [5, 5.41) is 0.615. The summed E-state index contributed by atoms with van der Waals surface area (Å²) in [6, 6.07) is 8.11. The van der Waals surface area contributed by atoms with Crippen molar-refractivity contribution in [3.05, 3.63) is 24.3 Å². The van der Waals surface area contributed by atoms with Gasteiger partial charge in [0.05, 0.1) is 7.11 Å². The van der Waals surface area contributed by atoms with Gasteiger partial charge in [-0.15, -0.1) is 0 Å². The Labute approximate surface area is 112 Å². The van der Waals surface area contributed by atoms with Crippen LogP contribution in [0.5, 0.6) is 5.75 Å². The van der Waals surface area contributed by atoms with Crippen molar-refractivity contribution in [1.29, 1.82) is 0 Å². The first-order valence-corrected chi connectivity index (χ1v) is 6.30. The van der Waals surface area contributed by atoms with Crippen molar-refractivity contribution >= 4 is 23.0 Å². The fourth-order valence-electron chi connectivity index (χ4n) is 2.05. The number of thiocarbonyl (C=S) groups is 1. The molecule has 1 aromatic carbocycles. The highest BCUT2D eigenvalue weighted by molar-refractivity contribution is 7.80. The highest BCUT2D eigenvalue weighted by Crippen LogP contribution is 2.20. The van der Waals surface area contributed by atoms with Crippen LogP contribution >= 0.6 is 12.2 Å². The molecular formula is C12H18N4OS. The molecule has 1 saturated heterocycles. The van der Waals surface area contributed by atoms with Crippen molar-refractivity contribution in [2.24, 2.45) is 5.84 Å². The van der Waals surface area contributed by atoms with Crippen LogP contribution in [0.3, 0.4) is 0 Å². The van der Waals surface area contributed by atoms with Crippen LogP contribution in [0.15, 0.2) is 24.3 Å². The molecule has 98 valence electrons. The number of methoxy groups -OCH3 is 1. The Balaban J connectivity index is 1.94. The molecule has 0 saturated carbocycles. The summed E-state index contributed by atoms with van der Waals surface area (Å²) in [5.41, 5.74) is 3.74. The van der Waals surface area contributed by atoms with Crippen LogP contribution in [0.4, 0.5) is 5.69 Å². The maximum absolute atomic E-state index is 5.32. The predicted octanol–water partition coefficient (Wildman–Crippen LogP) is 0.565. The number of nitrogens with zero attached hydrogens (tertiary/aromatic N) is 2. The highest BCUT2D eigenvalue weighted by atomic mass is 32.1. The molecule has 0 amide bonds. The fraction of sp³-hybridized carbons (Fsp3) is 0.417. The van der Waals surface area contributed by atoms with Gasteiger partial charge in [0.25, 0.3) is 0 Å². The van der Waals surface area contributed by atoms with Gasteiger partial charge in [-0.3, -0.25) is 0 Å². The van der Waals surface area contributed by atoms with Crippen LogP contribution < -0.4 is 20.9 Å². The third-order valence-corrected chi connectivity index (χ3v) is 3.50. The predicted molar refractivity (Wildman–Crippen MR) is 76.7 cm³/mol. The molecule has 0 unspecified atom stereocenters. The van der Waals surface area contributed by atoms with Gasteiger partial charge >= 0.3 is 0 Å². The van der Waals surface area contributed by atoms with Crippen LogP contribution in [0, 0.1) is 0 Å². The Morgan fingerprint density at radius 2 is 1.83 bits per heavy atom. The number of piperazine rings is 1. The lowest BCUT2D eigenvalue weighted by Gasteiger charge is -2.37. The summed E-state index contributed by atoms with van der Waals surface area (Å²) in [6.45, 7) is 3.65. The Morgan fingerprint density at radius 3 is 2.33 bits per heavy atom. The van der Waals surface area contributed by atoms with Crippen molar-refractivity contribution in [3.8, 4) is 5.75 Å². The minimum atomic E-state index is 0.615. The van der Waals surface area contributed by atoms with E-state index in [0.717, 1.165) is 31.9 Å². The molecule has 0 spiro atoms. The van der Waals surface area contributed by atoms with Crippen LogP contribution in [-0.4, -0.2) is 43.3 Å². The van der Waals surface area contributed by atoms with Crippen LogP contribution in [0.25, 0.3) is 0 Å². The number of anilines is 1. The third-order valence-electron chi connectivity index (χ3n) is 3.13. The summed E-state index contributed by atoms with van der Waals surface area (Å²) >= 11 is 5.12. The van der Waals surface area contributed by atoms with Gasteiger partial charge in [0.1, 0.15) is 5.75 Å². The Kier molecular flexibility index (Phi) is 4.22. The lowest BCUT2D eigenvalue weighted by molar-refractivity contribution is 0.380. The molecule has 5 nitrogen and oxygen atoms in total. The molecule has 1 aromatic rings. The maximum Gasteiger partial charge on any atom is 0.183 e. The SMILES string of the molecule is COc1ccc(N2CCN(C(=S)NN)CC2)cc1. The van der Waals surface area contributed by atoms with E-state index in [-0.39, 0.29) is 0 Å². The zero-order chi connectivity index (χ0) is 13.0. The van der Waals surface area contributed by atoms with E-state index >= 15 is 0 Å². The van der Waals surface area contributed by atoms with Gasteiger partial charge in [-0.25, -0.2) is 5.84 Å². The van der Waals surface area contributed by atoms with Gasteiger partial charge < -0.3 is 20.0 Å². The lowest BCUT2D eigenvalue weighted by atomic mass is 10.2. The second kappa shape index (κ2) is 5.88. The molecule has 6 heteroatoms. The quantitative estimate of drug-likeness (QED) is 0.464. The first-order chi connectivity index (χ1) is 8.74. The average Bonchev–Trinajstić information content (AvgIpc) is 2.47. The number of ether oxygens (including phenoxy) is 1. The minimum absolute atomic E-state index is 0.615. The molecule has 2 rings (SSSR count). The Hall–Kier alpha value is -1.53. The van der Waals surface area contributed by atoms with Gasteiger partial charge in [0.2, 0.25) is 0 Å². The van der Waals surface area contributed by atoms with E-state index in [2.05, 4.69) is 27.4 Å². The molecule has 0 aliphatic carbocycles. The zero-order valence-electron chi connectivity index (χ0n) is 10.4. The number of hydrazine groups is 1. The van der Waals surface area contributed by atoms with Gasteiger partial charge in [0, 0.05) is 31.9 Å². The van der Waals surface area contributed by atoms with E-state index in [1.54, 1.807) is 7.11 Å². The molecule has 1 aliphatic rings. The molecule has 3 N–H and O–H groups in total. The van der Waals surface area contributed by atoms with E-state index in [0.29, 0.717) is 5.11 Å². The number of hydrogen-bond acceptors (Lipinski definition) is 4. The van der Waals surface area contributed by atoms with E-state index in [1.807, 2.05) is 12.1 Å². The smallest absolute Gasteiger partial charge is 0.183 e. The van der Waals surface area contributed by atoms with Crippen molar-refractivity contribution in [1.82, 2.24) is 10.3 Å². The van der Waals surface area contributed by atoms with E-state index < -0.39 is 0 Å². The average molecular weight is 266 g/mol. The number of nitrogens with one attached hydrogen (secondary N) is 1. The standard InChI is InChI=1S/C12H18N4OS/c1-17-11-4-2-10(3-5-11)15-6-8-16(9-7-15)12(18)14-13/h2-5H,6-9,13H2,1H3,(H,14,18). The fourth-order valence-corrected chi connectivity index (χ4v) is 2.23. The van der Waals surface area contributed by atoms with Crippen molar-refractivity contribution in [3.63, 3.8) is 0 Å². The van der Waals surface area contributed by atoms with Gasteiger partial charge in [-0.05, 0) is 36.5 Å². The minimum Gasteiger partial charge on any atom is -0.497 e. The molecule has 1 aliphatic heterocycles. The largest absolute Gasteiger partial charge is 0.497 e. The second-order valence-corrected chi connectivity index (χ2v) is 4.51. The molecule has 0 atom stereocenters. The number of hydrogen-bond donors (Lipinski definition) is 2. The molecular weight excluding hydrogens is 248 g/mol. The molecule has 1 fully saturated rings. The van der Waals surface area contributed by atoms with Crippen molar-refractivity contribution in [2.75, 3.05) is 38.2 Å². The summed E-state index contributed by atoms with van der Waals surface area (Å²) in [5.74, 6) is 6.20. The number of nitrogens with two attached hydrogens (primary N) is 1. The summed E-state index contributed by atoms with van der Waals surface area (Å²) in [7, 11) is 1.68. The molecule has 1 heterocycles. The van der Waals surface area contributed by atoms with Crippen molar-refractivity contribution < 1.29 is 4.74 Å². The summed E-state index contributed by atoms with van der Waals surface area (Å²) in [6.07, 6.45) is 0. The number of rotatable bonds is 2. The third kappa shape index (κ3) is 2.83. The molecule has 0 aromatic heterocycles. The van der Waals surface area contributed by atoms with Crippen molar-refractivity contribution in [2.45, 2.75) is 0 Å². The maximum atomic E-state index is 5.32. The Bertz CT molecular complexity index is 401. The first kappa shape index (κ1) is 12.9. The monoisotopic (exact) mass is 266 g/mol. The Morgan fingerprint density at radius 1 is 1.22 bits per heavy atom. The van der Waals surface area contributed by atoms with E-state index in [4.69, 9.17) is 22.8 Å². The van der Waals surface area contributed by atoms with Crippen LogP contribution in [0.1, 0.15) is 0 Å².